The molecular formula is C15H24N2O. The van der Waals surface area contributed by atoms with Gasteiger partial charge in [0, 0.05) is 20.1 Å². The number of benzene rings is 1. The van der Waals surface area contributed by atoms with Crippen molar-refractivity contribution in [3.05, 3.63) is 34.9 Å². The van der Waals surface area contributed by atoms with Gasteiger partial charge in [0.1, 0.15) is 0 Å². The lowest BCUT2D eigenvalue weighted by Crippen LogP contribution is -2.35. The van der Waals surface area contributed by atoms with Crippen LogP contribution < -0.4 is 5.73 Å². The highest BCUT2D eigenvalue weighted by atomic mass is 16.2. The molecule has 0 saturated heterocycles. The number of hydrogen-bond donors (Lipinski definition) is 1. The van der Waals surface area contributed by atoms with Crippen LogP contribution in [0.5, 0.6) is 0 Å². The maximum atomic E-state index is 12.1. The molecular weight excluding hydrogens is 224 g/mol. The van der Waals surface area contributed by atoms with E-state index in [1.165, 1.54) is 16.7 Å². The number of carbonyl (C=O) groups is 1. The van der Waals surface area contributed by atoms with E-state index in [0.717, 1.165) is 6.42 Å². The summed E-state index contributed by atoms with van der Waals surface area (Å²) in [6.07, 6.45) is 0.798. The summed E-state index contributed by atoms with van der Waals surface area (Å²) >= 11 is 0. The van der Waals surface area contributed by atoms with Gasteiger partial charge in [-0.3, -0.25) is 4.79 Å². The molecule has 18 heavy (non-hydrogen) atoms. The van der Waals surface area contributed by atoms with Gasteiger partial charge < -0.3 is 10.6 Å². The highest BCUT2D eigenvalue weighted by Gasteiger charge is 2.18. The van der Waals surface area contributed by atoms with E-state index in [1.807, 2.05) is 14.0 Å². The van der Waals surface area contributed by atoms with Crippen LogP contribution in [0, 0.1) is 19.8 Å². The molecule has 100 valence electrons. The van der Waals surface area contributed by atoms with E-state index < -0.39 is 0 Å². The minimum atomic E-state index is -0.0541. The lowest BCUT2D eigenvalue weighted by atomic mass is 10.0. The smallest absolute Gasteiger partial charge is 0.226 e. The predicted molar refractivity (Wildman–Crippen MR) is 75.2 cm³/mol. The summed E-state index contributed by atoms with van der Waals surface area (Å²) in [6.45, 7) is 7.26. The van der Waals surface area contributed by atoms with Crippen molar-refractivity contribution < 1.29 is 4.79 Å². The maximum Gasteiger partial charge on any atom is 0.226 e. The van der Waals surface area contributed by atoms with Gasteiger partial charge in [-0.25, -0.2) is 0 Å². The van der Waals surface area contributed by atoms with Gasteiger partial charge in [0.25, 0.3) is 0 Å². The van der Waals surface area contributed by atoms with Crippen molar-refractivity contribution in [3.63, 3.8) is 0 Å². The number of aryl methyl sites for hydroxylation is 2. The van der Waals surface area contributed by atoms with Gasteiger partial charge in [-0.1, -0.05) is 25.1 Å². The van der Waals surface area contributed by atoms with Crippen LogP contribution in [0.15, 0.2) is 18.2 Å². The van der Waals surface area contributed by atoms with Crippen molar-refractivity contribution in [1.29, 1.82) is 0 Å². The molecule has 1 amide bonds. The number of amides is 1. The fourth-order valence-electron chi connectivity index (χ4n) is 2.01. The van der Waals surface area contributed by atoms with Crippen LogP contribution in [0.25, 0.3) is 0 Å². The molecule has 1 aromatic carbocycles. The van der Waals surface area contributed by atoms with Crippen LogP contribution in [-0.2, 0) is 11.3 Å². The monoisotopic (exact) mass is 248 g/mol. The Labute approximate surface area is 110 Å². The molecule has 1 atom stereocenters. The second kappa shape index (κ2) is 6.55. The summed E-state index contributed by atoms with van der Waals surface area (Å²) in [4.78, 5) is 13.9. The molecule has 1 aromatic rings. The molecule has 0 aliphatic carbocycles. The first-order chi connectivity index (χ1) is 8.49. The fraction of sp³-hybridized carbons (Fsp3) is 0.533. The third-order valence-electron chi connectivity index (χ3n) is 3.49. The minimum Gasteiger partial charge on any atom is -0.341 e. The van der Waals surface area contributed by atoms with Crippen molar-refractivity contribution >= 4 is 5.91 Å². The molecule has 0 fully saturated rings. The molecule has 3 nitrogen and oxygen atoms in total. The molecule has 0 radical (unpaired) electrons. The molecule has 0 spiro atoms. The number of hydrogen-bond acceptors (Lipinski definition) is 2. The van der Waals surface area contributed by atoms with Gasteiger partial charge in [0.05, 0.1) is 5.92 Å². The first kappa shape index (κ1) is 14.7. The average Bonchev–Trinajstić information content (AvgIpc) is 2.35. The molecule has 0 bridgehead atoms. The standard InChI is InChI=1S/C15H24N2O/c1-5-14(9-16)15(18)17(4)10-13-7-6-11(2)12(3)8-13/h6-8,14H,5,9-10,16H2,1-4H3. The second-order valence-corrected chi connectivity index (χ2v) is 4.95. The molecule has 3 heteroatoms. The second-order valence-electron chi connectivity index (χ2n) is 4.95. The van der Waals surface area contributed by atoms with E-state index in [2.05, 4.69) is 32.0 Å². The Hall–Kier alpha value is -1.35. The van der Waals surface area contributed by atoms with E-state index in [1.54, 1.807) is 4.90 Å². The first-order valence-corrected chi connectivity index (χ1v) is 6.50. The Bertz CT molecular complexity index is 411. The summed E-state index contributed by atoms with van der Waals surface area (Å²) in [5, 5.41) is 0. The normalized spacial score (nSPS) is 12.3. The summed E-state index contributed by atoms with van der Waals surface area (Å²) in [5.74, 6) is 0.0831. The van der Waals surface area contributed by atoms with Crippen LogP contribution in [0.2, 0.25) is 0 Å². The highest BCUT2D eigenvalue weighted by Crippen LogP contribution is 2.13. The van der Waals surface area contributed by atoms with Gasteiger partial charge in [0.15, 0.2) is 0 Å². The largest absolute Gasteiger partial charge is 0.341 e. The van der Waals surface area contributed by atoms with Crippen LogP contribution in [0.4, 0.5) is 0 Å². The molecule has 0 aliphatic rings. The molecule has 1 rings (SSSR count). The third-order valence-corrected chi connectivity index (χ3v) is 3.49. The van der Waals surface area contributed by atoms with E-state index in [0.29, 0.717) is 13.1 Å². The molecule has 2 N–H and O–H groups in total. The van der Waals surface area contributed by atoms with Crippen molar-refractivity contribution in [2.45, 2.75) is 33.7 Å². The predicted octanol–water partition coefficient (Wildman–Crippen LogP) is 2.25. The van der Waals surface area contributed by atoms with Gasteiger partial charge in [-0.05, 0) is 37.0 Å². The molecule has 1 unspecified atom stereocenters. The summed E-state index contributed by atoms with van der Waals surface area (Å²) in [6, 6.07) is 6.32. The van der Waals surface area contributed by atoms with Crippen LogP contribution in [-0.4, -0.2) is 24.4 Å². The Morgan fingerprint density at radius 1 is 1.33 bits per heavy atom. The van der Waals surface area contributed by atoms with Gasteiger partial charge in [0.2, 0.25) is 5.91 Å². The van der Waals surface area contributed by atoms with Gasteiger partial charge in [-0.2, -0.15) is 0 Å². The zero-order chi connectivity index (χ0) is 13.7. The first-order valence-electron chi connectivity index (χ1n) is 6.50. The lowest BCUT2D eigenvalue weighted by molar-refractivity contribution is -0.134. The van der Waals surface area contributed by atoms with E-state index in [-0.39, 0.29) is 11.8 Å². The molecule has 0 aromatic heterocycles. The van der Waals surface area contributed by atoms with E-state index in [9.17, 15) is 4.79 Å². The highest BCUT2D eigenvalue weighted by molar-refractivity contribution is 5.78. The van der Waals surface area contributed by atoms with Crippen molar-refractivity contribution in [3.8, 4) is 0 Å². The van der Waals surface area contributed by atoms with Crippen LogP contribution in [0.3, 0.4) is 0 Å². The third kappa shape index (κ3) is 3.57. The van der Waals surface area contributed by atoms with Gasteiger partial charge >= 0.3 is 0 Å². The number of nitrogens with two attached hydrogens (primary N) is 1. The van der Waals surface area contributed by atoms with Crippen LogP contribution in [0.1, 0.15) is 30.0 Å². The maximum absolute atomic E-state index is 12.1. The number of rotatable bonds is 5. The van der Waals surface area contributed by atoms with E-state index in [4.69, 9.17) is 5.73 Å². The van der Waals surface area contributed by atoms with Crippen molar-refractivity contribution in [1.82, 2.24) is 4.90 Å². The Kier molecular flexibility index (Phi) is 5.35. The Morgan fingerprint density at radius 2 is 2.00 bits per heavy atom. The average molecular weight is 248 g/mol. The topological polar surface area (TPSA) is 46.3 Å². The molecule has 0 saturated carbocycles. The zero-order valence-electron chi connectivity index (χ0n) is 11.9. The Morgan fingerprint density at radius 3 is 2.50 bits per heavy atom. The number of nitrogens with zero attached hydrogens (tertiary/aromatic N) is 1. The summed E-state index contributed by atoms with van der Waals surface area (Å²) < 4.78 is 0. The number of carbonyl (C=O) groups excluding carboxylic acids is 1. The minimum absolute atomic E-state index is 0.0541. The summed E-state index contributed by atoms with van der Waals surface area (Å²) in [7, 11) is 1.84. The van der Waals surface area contributed by atoms with E-state index >= 15 is 0 Å². The van der Waals surface area contributed by atoms with Crippen molar-refractivity contribution in [2.75, 3.05) is 13.6 Å². The Balaban J connectivity index is 2.71. The van der Waals surface area contributed by atoms with Crippen molar-refractivity contribution in [2.24, 2.45) is 11.7 Å². The fourth-order valence-corrected chi connectivity index (χ4v) is 2.01. The zero-order valence-corrected chi connectivity index (χ0v) is 11.9. The SMILES string of the molecule is CCC(CN)C(=O)N(C)Cc1ccc(C)c(C)c1. The molecule has 0 heterocycles. The van der Waals surface area contributed by atoms with Gasteiger partial charge in [-0.15, -0.1) is 0 Å². The summed E-state index contributed by atoms with van der Waals surface area (Å²) in [5.41, 5.74) is 9.32. The quantitative estimate of drug-likeness (QED) is 0.868. The van der Waals surface area contributed by atoms with Crippen LogP contribution >= 0.6 is 0 Å². The lowest BCUT2D eigenvalue weighted by Gasteiger charge is -2.22. The molecule has 0 aliphatic heterocycles.